The summed E-state index contributed by atoms with van der Waals surface area (Å²) < 4.78 is 1.80. The van der Waals surface area contributed by atoms with E-state index in [1.54, 1.807) is 10.8 Å². The van der Waals surface area contributed by atoms with E-state index in [1.165, 1.54) is 11.1 Å². The highest BCUT2D eigenvalue weighted by molar-refractivity contribution is 5.65. The lowest BCUT2D eigenvalue weighted by molar-refractivity contribution is 0.867. The van der Waals surface area contributed by atoms with E-state index in [9.17, 15) is 0 Å². The fourth-order valence-corrected chi connectivity index (χ4v) is 2.06. The van der Waals surface area contributed by atoms with E-state index in [4.69, 9.17) is 0 Å². The van der Waals surface area contributed by atoms with Crippen molar-refractivity contribution in [2.75, 3.05) is 0 Å². The molecule has 0 saturated heterocycles. The molecule has 0 N–H and O–H groups in total. The monoisotopic (exact) mass is 237 g/mol. The van der Waals surface area contributed by atoms with Crippen LogP contribution in [0.15, 0.2) is 48.9 Å². The van der Waals surface area contributed by atoms with Gasteiger partial charge in [0.15, 0.2) is 5.65 Å². The van der Waals surface area contributed by atoms with E-state index in [2.05, 4.69) is 54.3 Å². The average molecular weight is 237 g/mol. The first kappa shape index (κ1) is 11.0. The molecule has 18 heavy (non-hydrogen) atoms. The Morgan fingerprint density at radius 3 is 2.78 bits per heavy atom. The zero-order valence-electron chi connectivity index (χ0n) is 10.5. The van der Waals surface area contributed by atoms with Crippen molar-refractivity contribution in [3.63, 3.8) is 0 Å². The molecule has 0 aliphatic rings. The minimum absolute atomic E-state index is 0.542. The van der Waals surface area contributed by atoms with Gasteiger partial charge in [0.05, 0.1) is 0 Å². The van der Waals surface area contributed by atoms with Gasteiger partial charge in [0.2, 0.25) is 0 Å². The Morgan fingerprint density at radius 1 is 1.06 bits per heavy atom. The highest BCUT2D eigenvalue weighted by Crippen LogP contribution is 2.23. The van der Waals surface area contributed by atoms with Crippen LogP contribution in [0.2, 0.25) is 0 Å². The van der Waals surface area contributed by atoms with Crippen molar-refractivity contribution in [3.05, 3.63) is 54.5 Å². The van der Waals surface area contributed by atoms with Crippen LogP contribution in [0.4, 0.5) is 0 Å². The molecule has 1 aromatic carbocycles. The Bertz CT molecular complexity index is 683. The van der Waals surface area contributed by atoms with Gasteiger partial charge in [-0.3, -0.25) is 0 Å². The third-order valence-corrected chi connectivity index (χ3v) is 3.16. The highest BCUT2D eigenvalue weighted by Gasteiger charge is 2.04. The first-order valence-corrected chi connectivity index (χ1v) is 6.14. The van der Waals surface area contributed by atoms with Crippen molar-refractivity contribution >= 4 is 5.65 Å². The van der Waals surface area contributed by atoms with Gasteiger partial charge in [0.1, 0.15) is 6.33 Å². The van der Waals surface area contributed by atoms with E-state index in [0.717, 1.165) is 11.2 Å². The summed E-state index contributed by atoms with van der Waals surface area (Å²) in [5.41, 5.74) is 4.61. The van der Waals surface area contributed by atoms with Gasteiger partial charge < -0.3 is 0 Å². The van der Waals surface area contributed by atoms with Crippen molar-refractivity contribution in [1.29, 1.82) is 0 Å². The minimum atomic E-state index is 0.542. The van der Waals surface area contributed by atoms with Crippen LogP contribution < -0.4 is 0 Å². The van der Waals surface area contributed by atoms with Crippen molar-refractivity contribution in [1.82, 2.24) is 14.6 Å². The lowest BCUT2D eigenvalue weighted by atomic mass is 9.98. The molecule has 3 nitrogen and oxygen atoms in total. The maximum absolute atomic E-state index is 4.17. The van der Waals surface area contributed by atoms with Crippen LogP contribution in [0.5, 0.6) is 0 Å². The summed E-state index contributed by atoms with van der Waals surface area (Å²) in [6.07, 6.45) is 3.59. The summed E-state index contributed by atoms with van der Waals surface area (Å²) in [7, 11) is 0. The molecular formula is C15H15N3. The first-order valence-electron chi connectivity index (χ1n) is 6.14. The highest BCUT2D eigenvalue weighted by atomic mass is 15.3. The fraction of sp³-hybridized carbons (Fsp3) is 0.200. The summed E-state index contributed by atoms with van der Waals surface area (Å²) in [4.78, 5) is 4.15. The maximum atomic E-state index is 4.17. The van der Waals surface area contributed by atoms with Crippen LogP contribution in [-0.2, 0) is 0 Å². The number of rotatable bonds is 2. The van der Waals surface area contributed by atoms with Crippen LogP contribution in [0, 0.1) is 0 Å². The van der Waals surface area contributed by atoms with Crippen molar-refractivity contribution in [2.24, 2.45) is 0 Å². The van der Waals surface area contributed by atoms with Crippen LogP contribution in [0.25, 0.3) is 16.8 Å². The van der Waals surface area contributed by atoms with E-state index < -0.39 is 0 Å². The number of benzene rings is 1. The van der Waals surface area contributed by atoms with Crippen LogP contribution >= 0.6 is 0 Å². The predicted molar refractivity (Wildman–Crippen MR) is 72.5 cm³/mol. The molecule has 3 heteroatoms. The molecule has 0 saturated carbocycles. The lowest BCUT2D eigenvalue weighted by Crippen LogP contribution is -1.91. The summed E-state index contributed by atoms with van der Waals surface area (Å²) in [5, 5.41) is 4.17. The maximum Gasteiger partial charge on any atom is 0.155 e. The molecule has 2 heterocycles. The largest absolute Gasteiger partial charge is 0.221 e. The summed E-state index contributed by atoms with van der Waals surface area (Å²) in [6.45, 7) is 4.42. The average Bonchev–Trinajstić information content (AvgIpc) is 2.86. The molecular weight excluding hydrogens is 222 g/mol. The number of hydrogen-bond donors (Lipinski definition) is 0. The Kier molecular flexibility index (Phi) is 2.59. The van der Waals surface area contributed by atoms with Gasteiger partial charge in [0.25, 0.3) is 0 Å². The summed E-state index contributed by atoms with van der Waals surface area (Å²) in [5.74, 6) is 0.542. The molecule has 0 unspecified atom stereocenters. The van der Waals surface area contributed by atoms with E-state index in [1.807, 2.05) is 12.3 Å². The van der Waals surface area contributed by atoms with Gasteiger partial charge in [-0.2, -0.15) is 5.10 Å². The molecule has 3 aromatic rings. The Morgan fingerprint density at radius 2 is 1.94 bits per heavy atom. The molecule has 0 spiro atoms. The molecule has 0 aliphatic heterocycles. The van der Waals surface area contributed by atoms with Gasteiger partial charge >= 0.3 is 0 Å². The summed E-state index contributed by atoms with van der Waals surface area (Å²) >= 11 is 0. The zero-order chi connectivity index (χ0) is 12.5. The van der Waals surface area contributed by atoms with Gasteiger partial charge in [-0.1, -0.05) is 38.1 Å². The van der Waals surface area contributed by atoms with E-state index in [0.29, 0.717) is 5.92 Å². The smallest absolute Gasteiger partial charge is 0.155 e. The van der Waals surface area contributed by atoms with Crippen molar-refractivity contribution in [2.45, 2.75) is 19.8 Å². The Labute approximate surface area is 106 Å². The summed E-state index contributed by atoms with van der Waals surface area (Å²) in [6, 6.07) is 12.7. The second-order valence-corrected chi connectivity index (χ2v) is 4.76. The van der Waals surface area contributed by atoms with E-state index >= 15 is 0 Å². The number of aromatic nitrogens is 3. The van der Waals surface area contributed by atoms with Gasteiger partial charge in [0, 0.05) is 11.8 Å². The molecule has 0 bridgehead atoms. The molecule has 0 aliphatic carbocycles. The molecule has 0 fully saturated rings. The lowest BCUT2D eigenvalue weighted by Gasteiger charge is -2.08. The zero-order valence-corrected chi connectivity index (χ0v) is 10.5. The Hall–Kier alpha value is -2.16. The number of hydrogen-bond acceptors (Lipinski definition) is 2. The molecule has 0 atom stereocenters. The van der Waals surface area contributed by atoms with Crippen LogP contribution in [0.1, 0.15) is 25.3 Å². The third kappa shape index (κ3) is 1.88. The second-order valence-electron chi connectivity index (χ2n) is 4.76. The van der Waals surface area contributed by atoms with Crippen LogP contribution in [0.3, 0.4) is 0 Å². The number of fused-ring (bicyclic) bond motifs is 1. The standard InChI is InChI=1S/C15H15N3/c1-11(2)12-4-3-5-13(8-12)14-6-7-15-16-10-17-18(15)9-14/h3-11H,1-2H3. The quantitative estimate of drug-likeness (QED) is 0.682. The SMILES string of the molecule is CC(C)c1cccc(-c2ccc3ncnn3c2)c1. The Balaban J connectivity index is 2.10. The number of pyridine rings is 1. The van der Waals surface area contributed by atoms with Crippen molar-refractivity contribution in [3.8, 4) is 11.1 Å². The molecule has 3 rings (SSSR count). The van der Waals surface area contributed by atoms with Crippen molar-refractivity contribution < 1.29 is 0 Å². The predicted octanol–water partition coefficient (Wildman–Crippen LogP) is 3.52. The normalized spacial score (nSPS) is 11.3. The third-order valence-electron chi connectivity index (χ3n) is 3.16. The second kappa shape index (κ2) is 4.26. The number of nitrogens with zero attached hydrogens (tertiary/aromatic N) is 3. The minimum Gasteiger partial charge on any atom is -0.221 e. The van der Waals surface area contributed by atoms with Gasteiger partial charge in [-0.25, -0.2) is 9.50 Å². The van der Waals surface area contributed by atoms with E-state index in [-0.39, 0.29) is 0 Å². The molecule has 0 amide bonds. The van der Waals surface area contributed by atoms with Gasteiger partial charge in [-0.15, -0.1) is 0 Å². The molecule has 90 valence electrons. The topological polar surface area (TPSA) is 30.2 Å². The fourth-order valence-electron chi connectivity index (χ4n) is 2.06. The van der Waals surface area contributed by atoms with Crippen LogP contribution in [-0.4, -0.2) is 14.6 Å². The first-order chi connectivity index (χ1) is 8.74. The molecule has 2 aromatic heterocycles. The molecule has 0 radical (unpaired) electrons. The van der Waals surface area contributed by atoms with Gasteiger partial charge in [-0.05, 0) is 29.2 Å².